The van der Waals surface area contributed by atoms with Crippen LogP contribution in [0.15, 0.2) is 6.07 Å². The first-order valence-electron chi connectivity index (χ1n) is 7.61. The molecule has 21 heavy (non-hydrogen) atoms. The monoisotopic (exact) mass is 306 g/mol. The first-order valence-corrected chi connectivity index (χ1v) is 8.43. The minimum Gasteiger partial charge on any atom is -0.336 e. The fraction of sp³-hybridized carbons (Fsp3) is 0.588. The number of hydrogen-bond donors (Lipinski definition) is 1. The molecule has 4 heteroatoms. The van der Waals surface area contributed by atoms with Gasteiger partial charge in [-0.05, 0) is 38.8 Å². The van der Waals surface area contributed by atoms with Gasteiger partial charge in [0, 0.05) is 12.6 Å². The first-order chi connectivity index (χ1) is 10.0. The second-order valence-corrected chi connectivity index (χ2v) is 6.48. The molecule has 0 aliphatic rings. The van der Waals surface area contributed by atoms with Crippen LogP contribution < -0.4 is 5.73 Å². The lowest BCUT2D eigenvalue weighted by molar-refractivity contribution is 0.0707. The predicted molar refractivity (Wildman–Crippen MR) is 90.7 cm³/mol. The number of thiophene rings is 1. The molecule has 0 fully saturated rings. The van der Waals surface area contributed by atoms with Crippen LogP contribution in [-0.2, 0) is 0 Å². The Labute approximate surface area is 132 Å². The van der Waals surface area contributed by atoms with Crippen molar-refractivity contribution in [1.29, 1.82) is 0 Å². The molecule has 0 saturated carbocycles. The Morgan fingerprint density at radius 2 is 2.14 bits per heavy atom. The van der Waals surface area contributed by atoms with Crippen LogP contribution in [0.2, 0.25) is 0 Å². The van der Waals surface area contributed by atoms with Gasteiger partial charge in [0.2, 0.25) is 0 Å². The topological polar surface area (TPSA) is 46.3 Å². The highest BCUT2D eigenvalue weighted by molar-refractivity contribution is 7.14. The molecular formula is C17H26N2OS. The zero-order valence-electron chi connectivity index (χ0n) is 13.5. The summed E-state index contributed by atoms with van der Waals surface area (Å²) in [7, 11) is 0. The highest BCUT2D eigenvalue weighted by atomic mass is 32.1. The Bertz CT molecular complexity index is 523. The van der Waals surface area contributed by atoms with Crippen molar-refractivity contribution >= 4 is 17.2 Å². The van der Waals surface area contributed by atoms with Gasteiger partial charge in [-0.3, -0.25) is 4.79 Å². The normalized spacial score (nSPS) is 10.4. The van der Waals surface area contributed by atoms with Crippen molar-refractivity contribution in [1.82, 2.24) is 4.90 Å². The third-order valence-corrected chi connectivity index (χ3v) is 4.46. The van der Waals surface area contributed by atoms with E-state index in [0.717, 1.165) is 41.1 Å². The van der Waals surface area contributed by atoms with E-state index in [2.05, 4.69) is 32.6 Å². The summed E-state index contributed by atoms with van der Waals surface area (Å²) in [6.45, 7) is 9.47. The molecule has 0 bridgehead atoms. The van der Waals surface area contributed by atoms with Gasteiger partial charge >= 0.3 is 0 Å². The lowest BCUT2D eigenvalue weighted by atomic mass is 10.2. The molecule has 3 nitrogen and oxygen atoms in total. The lowest BCUT2D eigenvalue weighted by Crippen LogP contribution is -2.37. The maximum atomic E-state index is 12.7. The van der Waals surface area contributed by atoms with E-state index in [1.54, 1.807) is 0 Å². The van der Waals surface area contributed by atoms with E-state index in [0.29, 0.717) is 6.54 Å². The van der Waals surface area contributed by atoms with Gasteiger partial charge in [0.1, 0.15) is 0 Å². The number of nitrogens with zero attached hydrogens (tertiary/aromatic N) is 1. The van der Waals surface area contributed by atoms with Crippen molar-refractivity contribution in [2.24, 2.45) is 5.73 Å². The summed E-state index contributed by atoms with van der Waals surface area (Å²) in [6.07, 6.45) is 3.38. The Kier molecular flexibility index (Phi) is 7.49. The third kappa shape index (κ3) is 5.18. The molecule has 0 atom stereocenters. The summed E-state index contributed by atoms with van der Waals surface area (Å²) < 4.78 is 0. The Balaban J connectivity index is 2.88. The standard InChI is InChI=1S/C17H26N2OS/c1-5-6-7-11-19(13(2)3)17(20)16-12-14(4)15(21-16)9-8-10-18/h12-13H,5-7,10-11,18H2,1-4H3. The van der Waals surface area contributed by atoms with Crippen LogP contribution in [0.3, 0.4) is 0 Å². The summed E-state index contributed by atoms with van der Waals surface area (Å²) in [4.78, 5) is 16.4. The zero-order chi connectivity index (χ0) is 15.8. The van der Waals surface area contributed by atoms with Crippen LogP contribution in [-0.4, -0.2) is 29.9 Å². The molecule has 0 unspecified atom stereocenters. The average Bonchev–Trinajstić information content (AvgIpc) is 2.81. The number of aryl methyl sites for hydroxylation is 1. The van der Waals surface area contributed by atoms with Gasteiger partial charge in [-0.25, -0.2) is 0 Å². The van der Waals surface area contributed by atoms with Crippen molar-refractivity contribution < 1.29 is 4.79 Å². The minimum absolute atomic E-state index is 0.120. The van der Waals surface area contributed by atoms with Gasteiger partial charge in [0.15, 0.2) is 0 Å². The van der Waals surface area contributed by atoms with Crippen molar-refractivity contribution in [3.8, 4) is 11.8 Å². The van der Waals surface area contributed by atoms with E-state index in [-0.39, 0.29) is 11.9 Å². The number of unbranched alkanes of at least 4 members (excludes halogenated alkanes) is 2. The van der Waals surface area contributed by atoms with E-state index >= 15 is 0 Å². The van der Waals surface area contributed by atoms with Crippen LogP contribution in [0, 0.1) is 18.8 Å². The Morgan fingerprint density at radius 1 is 1.43 bits per heavy atom. The van der Waals surface area contributed by atoms with Crippen LogP contribution in [0.4, 0.5) is 0 Å². The number of carbonyl (C=O) groups is 1. The van der Waals surface area contributed by atoms with Gasteiger partial charge in [-0.2, -0.15) is 0 Å². The zero-order valence-corrected chi connectivity index (χ0v) is 14.3. The summed E-state index contributed by atoms with van der Waals surface area (Å²) >= 11 is 1.47. The van der Waals surface area contributed by atoms with Gasteiger partial charge in [-0.1, -0.05) is 31.6 Å². The number of carbonyl (C=O) groups excluding carboxylic acids is 1. The second kappa shape index (κ2) is 8.86. The number of amides is 1. The van der Waals surface area contributed by atoms with E-state index in [4.69, 9.17) is 5.73 Å². The minimum atomic E-state index is 0.120. The molecule has 1 aromatic heterocycles. The van der Waals surface area contributed by atoms with E-state index in [1.807, 2.05) is 17.9 Å². The van der Waals surface area contributed by atoms with Gasteiger partial charge in [0.05, 0.1) is 16.3 Å². The molecule has 0 aromatic carbocycles. The first kappa shape index (κ1) is 17.7. The molecule has 2 N–H and O–H groups in total. The van der Waals surface area contributed by atoms with Gasteiger partial charge in [-0.15, -0.1) is 11.3 Å². The summed E-state index contributed by atoms with van der Waals surface area (Å²) in [5.41, 5.74) is 6.46. The van der Waals surface area contributed by atoms with E-state index in [1.165, 1.54) is 11.3 Å². The van der Waals surface area contributed by atoms with E-state index in [9.17, 15) is 4.79 Å². The largest absolute Gasteiger partial charge is 0.336 e. The van der Waals surface area contributed by atoms with Crippen LogP contribution in [0.5, 0.6) is 0 Å². The molecule has 1 rings (SSSR count). The van der Waals surface area contributed by atoms with Crippen LogP contribution >= 0.6 is 11.3 Å². The van der Waals surface area contributed by atoms with Crippen molar-refractivity contribution in [3.05, 3.63) is 21.4 Å². The summed E-state index contributed by atoms with van der Waals surface area (Å²) in [6, 6.07) is 2.17. The SMILES string of the molecule is CCCCCN(C(=O)c1cc(C)c(C#CCN)s1)C(C)C. The van der Waals surface area contributed by atoms with Crippen LogP contribution in [0.25, 0.3) is 0 Å². The smallest absolute Gasteiger partial charge is 0.264 e. The maximum Gasteiger partial charge on any atom is 0.264 e. The van der Waals surface area contributed by atoms with E-state index < -0.39 is 0 Å². The fourth-order valence-corrected chi connectivity index (χ4v) is 3.11. The van der Waals surface area contributed by atoms with Gasteiger partial charge in [0.25, 0.3) is 5.91 Å². The molecule has 1 heterocycles. The third-order valence-electron chi connectivity index (χ3n) is 3.32. The molecule has 1 amide bonds. The Morgan fingerprint density at radius 3 is 2.71 bits per heavy atom. The molecule has 0 saturated heterocycles. The molecule has 0 radical (unpaired) electrons. The van der Waals surface area contributed by atoms with Crippen molar-refractivity contribution in [2.45, 2.75) is 53.0 Å². The highest BCUT2D eigenvalue weighted by Crippen LogP contribution is 2.23. The molecular weight excluding hydrogens is 280 g/mol. The highest BCUT2D eigenvalue weighted by Gasteiger charge is 2.20. The summed E-state index contributed by atoms with van der Waals surface area (Å²) in [5.74, 6) is 6.02. The van der Waals surface area contributed by atoms with Crippen LogP contribution in [0.1, 0.15) is 60.1 Å². The number of nitrogens with two attached hydrogens (primary N) is 1. The second-order valence-electron chi connectivity index (χ2n) is 5.43. The van der Waals surface area contributed by atoms with Crippen molar-refractivity contribution in [2.75, 3.05) is 13.1 Å². The quantitative estimate of drug-likeness (QED) is 0.646. The van der Waals surface area contributed by atoms with Crippen molar-refractivity contribution in [3.63, 3.8) is 0 Å². The molecule has 1 aromatic rings. The molecule has 116 valence electrons. The molecule has 0 spiro atoms. The summed E-state index contributed by atoms with van der Waals surface area (Å²) in [5, 5.41) is 0. The molecule has 0 aliphatic heterocycles. The Hall–Kier alpha value is -1.31. The number of hydrogen-bond acceptors (Lipinski definition) is 3. The average molecular weight is 306 g/mol. The molecule has 0 aliphatic carbocycles. The van der Waals surface area contributed by atoms with Gasteiger partial charge < -0.3 is 10.6 Å². The lowest BCUT2D eigenvalue weighted by Gasteiger charge is -2.26. The maximum absolute atomic E-state index is 12.7. The number of rotatable bonds is 6. The predicted octanol–water partition coefficient (Wildman–Crippen LogP) is 3.41. The fourth-order valence-electron chi connectivity index (χ4n) is 2.11.